The number of aromatic nitrogens is 3. The van der Waals surface area contributed by atoms with Crippen molar-refractivity contribution in [3.8, 4) is 28.1 Å². The standard InChI is InChI=1S/C32H26FN5O5S/c1-18-8-10-19(11-9-18)29-28(31(39)34-2)24-14-23(26(15-27(24)43-29)37(3)44(4,41)42)20-12-25-30(35-16-20)36-17-38(32(25)40)22-7-5-6-21(33)13-22/h5-17H,1-4H3,(H,34,39). The van der Waals surface area contributed by atoms with Crippen LogP contribution < -0.4 is 15.2 Å². The molecule has 0 saturated carbocycles. The minimum absolute atomic E-state index is 0.126. The van der Waals surface area contributed by atoms with Crippen molar-refractivity contribution in [2.75, 3.05) is 24.7 Å². The van der Waals surface area contributed by atoms with Gasteiger partial charge in [0.05, 0.1) is 28.6 Å². The number of furan rings is 1. The molecule has 0 fully saturated rings. The number of rotatable bonds is 6. The predicted octanol–water partition coefficient (Wildman–Crippen LogP) is 5.06. The Balaban J connectivity index is 1.64. The number of aryl methyl sites for hydroxylation is 1. The Hall–Kier alpha value is -5.36. The molecule has 3 aromatic heterocycles. The summed E-state index contributed by atoms with van der Waals surface area (Å²) in [6, 6.07) is 17.8. The molecule has 6 rings (SSSR count). The molecule has 0 unspecified atom stereocenters. The molecular formula is C32H26FN5O5S. The third-order valence-corrected chi connectivity index (χ3v) is 8.61. The molecule has 0 aliphatic heterocycles. The normalized spacial score (nSPS) is 11.7. The molecule has 0 aliphatic carbocycles. The van der Waals surface area contributed by atoms with E-state index < -0.39 is 27.3 Å². The van der Waals surface area contributed by atoms with Crippen LogP contribution in [0.4, 0.5) is 10.1 Å². The number of carbonyl (C=O) groups is 1. The van der Waals surface area contributed by atoms with E-state index in [2.05, 4.69) is 15.3 Å². The summed E-state index contributed by atoms with van der Waals surface area (Å²) in [5.74, 6) is -0.586. The van der Waals surface area contributed by atoms with E-state index in [9.17, 15) is 22.4 Å². The number of hydrogen-bond donors (Lipinski definition) is 1. The fourth-order valence-corrected chi connectivity index (χ4v) is 5.54. The second kappa shape index (κ2) is 10.7. The Morgan fingerprint density at radius 3 is 2.43 bits per heavy atom. The summed E-state index contributed by atoms with van der Waals surface area (Å²) in [4.78, 5) is 35.4. The summed E-state index contributed by atoms with van der Waals surface area (Å²) in [5, 5.41) is 3.22. The van der Waals surface area contributed by atoms with Crippen LogP contribution in [0.5, 0.6) is 0 Å². The molecule has 0 spiro atoms. The summed E-state index contributed by atoms with van der Waals surface area (Å²) < 4.78 is 47.9. The van der Waals surface area contributed by atoms with Crippen molar-refractivity contribution < 1.29 is 22.0 Å². The molecule has 0 radical (unpaired) electrons. The molecule has 44 heavy (non-hydrogen) atoms. The van der Waals surface area contributed by atoms with Gasteiger partial charge in [-0.25, -0.2) is 22.8 Å². The molecule has 6 aromatic rings. The van der Waals surface area contributed by atoms with E-state index in [1.165, 1.54) is 49.4 Å². The number of carbonyl (C=O) groups excluding carboxylic acids is 1. The van der Waals surface area contributed by atoms with Crippen LogP contribution in [0, 0.1) is 12.7 Å². The van der Waals surface area contributed by atoms with Crippen LogP contribution in [0.15, 0.2) is 88.5 Å². The van der Waals surface area contributed by atoms with E-state index in [0.717, 1.165) is 16.1 Å². The SMILES string of the molecule is CNC(=O)c1c(-c2ccc(C)cc2)oc2cc(N(C)S(C)(=O)=O)c(-c3cnc4ncn(-c5cccc(F)c5)c(=O)c4c3)cc12. The van der Waals surface area contributed by atoms with Gasteiger partial charge in [0.15, 0.2) is 5.65 Å². The highest BCUT2D eigenvalue weighted by Gasteiger charge is 2.26. The second-order valence-corrected chi connectivity index (χ2v) is 12.4. The van der Waals surface area contributed by atoms with Gasteiger partial charge in [0, 0.05) is 48.4 Å². The predicted molar refractivity (Wildman–Crippen MR) is 167 cm³/mol. The monoisotopic (exact) mass is 611 g/mol. The third-order valence-electron chi connectivity index (χ3n) is 7.42. The topological polar surface area (TPSA) is 127 Å². The molecule has 0 bridgehead atoms. The van der Waals surface area contributed by atoms with Gasteiger partial charge in [0.1, 0.15) is 23.5 Å². The largest absolute Gasteiger partial charge is 0.455 e. The number of amides is 1. The van der Waals surface area contributed by atoms with Crippen molar-refractivity contribution in [1.82, 2.24) is 19.9 Å². The summed E-state index contributed by atoms with van der Waals surface area (Å²) in [7, 11) is -0.846. The first-order valence-electron chi connectivity index (χ1n) is 13.4. The van der Waals surface area contributed by atoms with Gasteiger partial charge >= 0.3 is 0 Å². The summed E-state index contributed by atoms with van der Waals surface area (Å²) in [6.07, 6.45) is 3.81. The van der Waals surface area contributed by atoms with Crippen LogP contribution in [0.3, 0.4) is 0 Å². The lowest BCUT2D eigenvalue weighted by molar-refractivity contribution is 0.0964. The summed E-state index contributed by atoms with van der Waals surface area (Å²) in [5.41, 5.74) is 3.20. The minimum atomic E-state index is -3.76. The zero-order chi connectivity index (χ0) is 31.3. The molecule has 0 saturated heterocycles. The van der Waals surface area contributed by atoms with Gasteiger partial charge in [-0.15, -0.1) is 0 Å². The zero-order valence-electron chi connectivity index (χ0n) is 24.1. The van der Waals surface area contributed by atoms with E-state index in [1.54, 1.807) is 24.3 Å². The van der Waals surface area contributed by atoms with Gasteiger partial charge in [-0.3, -0.25) is 18.5 Å². The Labute approximate surface area is 251 Å². The maximum absolute atomic E-state index is 13.9. The Bertz CT molecular complexity index is 2280. The van der Waals surface area contributed by atoms with Crippen LogP contribution in [0.25, 0.3) is 50.1 Å². The third kappa shape index (κ3) is 4.98. The number of hydrogen-bond acceptors (Lipinski definition) is 7. The number of benzene rings is 3. The van der Waals surface area contributed by atoms with Crippen molar-refractivity contribution >= 4 is 43.6 Å². The van der Waals surface area contributed by atoms with E-state index >= 15 is 0 Å². The van der Waals surface area contributed by atoms with E-state index in [-0.39, 0.29) is 33.6 Å². The average Bonchev–Trinajstić information content (AvgIpc) is 3.38. The lowest BCUT2D eigenvalue weighted by Crippen LogP contribution is -2.25. The second-order valence-electron chi connectivity index (χ2n) is 10.3. The quantitative estimate of drug-likeness (QED) is 0.279. The van der Waals surface area contributed by atoms with Crippen molar-refractivity contribution in [2.24, 2.45) is 0 Å². The smallest absolute Gasteiger partial charge is 0.267 e. The number of nitrogens with zero attached hydrogens (tertiary/aromatic N) is 4. The van der Waals surface area contributed by atoms with Crippen LogP contribution >= 0.6 is 0 Å². The van der Waals surface area contributed by atoms with Gasteiger partial charge in [0.2, 0.25) is 10.0 Å². The lowest BCUT2D eigenvalue weighted by atomic mass is 9.98. The van der Waals surface area contributed by atoms with Crippen LogP contribution in [0.2, 0.25) is 0 Å². The average molecular weight is 612 g/mol. The Kier molecular flexibility index (Phi) is 7.01. The first-order valence-corrected chi connectivity index (χ1v) is 15.3. The Morgan fingerprint density at radius 2 is 1.75 bits per heavy atom. The van der Waals surface area contributed by atoms with Gasteiger partial charge in [-0.05, 0) is 37.3 Å². The first-order chi connectivity index (χ1) is 21.0. The van der Waals surface area contributed by atoms with Gasteiger partial charge in [-0.1, -0.05) is 35.9 Å². The number of nitrogens with one attached hydrogen (secondary N) is 1. The molecule has 0 aliphatic rings. The highest BCUT2D eigenvalue weighted by molar-refractivity contribution is 7.92. The Morgan fingerprint density at radius 1 is 1.00 bits per heavy atom. The first kappa shape index (κ1) is 28.7. The minimum Gasteiger partial charge on any atom is -0.455 e. The number of anilines is 1. The number of sulfonamides is 1. The zero-order valence-corrected chi connectivity index (χ0v) is 24.9. The van der Waals surface area contributed by atoms with Crippen molar-refractivity contribution in [3.63, 3.8) is 0 Å². The lowest BCUT2D eigenvalue weighted by Gasteiger charge is -2.20. The van der Waals surface area contributed by atoms with Crippen molar-refractivity contribution in [1.29, 1.82) is 0 Å². The highest BCUT2D eigenvalue weighted by atomic mass is 32.2. The molecular weight excluding hydrogens is 585 g/mol. The molecule has 222 valence electrons. The molecule has 0 atom stereocenters. The number of pyridine rings is 1. The van der Waals surface area contributed by atoms with Crippen molar-refractivity contribution in [3.05, 3.63) is 107 Å². The van der Waals surface area contributed by atoms with Crippen LogP contribution in [0.1, 0.15) is 15.9 Å². The molecule has 12 heteroatoms. The van der Waals surface area contributed by atoms with Crippen LogP contribution in [-0.2, 0) is 10.0 Å². The van der Waals surface area contributed by atoms with E-state index in [0.29, 0.717) is 27.8 Å². The van der Waals surface area contributed by atoms with Gasteiger partial charge in [0.25, 0.3) is 11.5 Å². The molecule has 3 aromatic carbocycles. The summed E-state index contributed by atoms with van der Waals surface area (Å²) in [6.45, 7) is 1.95. The fraction of sp³-hybridized carbons (Fsp3) is 0.125. The fourth-order valence-electron chi connectivity index (χ4n) is 5.03. The highest BCUT2D eigenvalue weighted by Crippen LogP contribution is 2.41. The van der Waals surface area contributed by atoms with Gasteiger partial charge < -0.3 is 9.73 Å². The maximum Gasteiger partial charge on any atom is 0.267 e. The molecule has 1 amide bonds. The molecule has 1 N–H and O–H groups in total. The van der Waals surface area contributed by atoms with Crippen LogP contribution in [-0.4, -0.2) is 49.2 Å². The van der Waals surface area contributed by atoms with Gasteiger partial charge in [-0.2, -0.15) is 0 Å². The summed E-state index contributed by atoms with van der Waals surface area (Å²) >= 11 is 0. The number of fused-ring (bicyclic) bond motifs is 2. The maximum atomic E-state index is 13.9. The molecule has 10 nitrogen and oxygen atoms in total. The molecule has 3 heterocycles. The van der Waals surface area contributed by atoms with E-state index in [4.69, 9.17) is 4.42 Å². The number of halogens is 1. The van der Waals surface area contributed by atoms with E-state index in [1.807, 2.05) is 31.2 Å². The van der Waals surface area contributed by atoms with Crippen molar-refractivity contribution in [2.45, 2.75) is 6.92 Å².